The van der Waals surface area contributed by atoms with Crippen LogP contribution in [0.3, 0.4) is 0 Å². The van der Waals surface area contributed by atoms with Gasteiger partial charge in [-0.15, -0.1) is 0 Å². The number of phenols is 1. The van der Waals surface area contributed by atoms with Crippen molar-refractivity contribution in [3.63, 3.8) is 0 Å². The lowest BCUT2D eigenvalue weighted by atomic mass is 9.87. The number of esters is 2. The number of Topliss-reactive ketones (excluding diaryl/α,β-unsaturated/α-hetero) is 1. The number of benzene rings is 4. The number of carbonyl (C=O) groups excluding carboxylic acids is 9. The van der Waals surface area contributed by atoms with Gasteiger partial charge in [-0.25, -0.2) is 9.59 Å². The Balaban J connectivity index is 1.39. The molecule has 0 spiro atoms. The van der Waals surface area contributed by atoms with Crippen molar-refractivity contribution in [2.75, 3.05) is 94.9 Å². The molecule has 1 saturated heterocycles. The number of phenolic OH excluding ortho intramolecular Hbond substituents is 1. The first-order chi connectivity index (χ1) is 39.5. The SMILES string of the molecule is C=CC(=O)OCC(C)(C)C(=O)C(=O)N1CCN(C)C[C@H]1C(=O)O[C@H](CCc1ccc(OC)c(OC)c1)c1cccc(OCC(=O)N(C)[C@@H](Cc2ccc(O)cc2)C(=O)N[C@H](Cc2ccccc2)C(=O)N(C)CC(=O)NCC(=O)N(C)CC)c1. The van der Waals surface area contributed by atoms with E-state index in [1.165, 1.54) is 69.0 Å². The van der Waals surface area contributed by atoms with Crippen molar-refractivity contribution in [3.05, 3.63) is 132 Å². The number of methoxy groups -OCH3 is 2. The number of aromatic hydroxyl groups is 1. The number of piperazine rings is 1. The van der Waals surface area contributed by atoms with E-state index in [2.05, 4.69) is 17.2 Å². The van der Waals surface area contributed by atoms with Gasteiger partial charge < -0.3 is 63.9 Å². The summed E-state index contributed by atoms with van der Waals surface area (Å²) in [7, 11) is 9.22. The van der Waals surface area contributed by atoms with E-state index in [4.69, 9.17) is 23.7 Å². The monoisotopic (exact) mass is 1150 g/mol. The van der Waals surface area contributed by atoms with Gasteiger partial charge in [0.15, 0.2) is 18.1 Å². The third kappa shape index (κ3) is 18.9. The van der Waals surface area contributed by atoms with E-state index >= 15 is 0 Å². The summed E-state index contributed by atoms with van der Waals surface area (Å²) in [6.07, 6.45) is 0.478. The highest BCUT2D eigenvalue weighted by atomic mass is 16.5. The van der Waals surface area contributed by atoms with Crippen LogP contribution in [0.4, 0.5) is 0 Å². The highest BCUT2D eigenvalue weighted by molar-refractivity contribution is 6.38. The molecule has 1 aliphatic rings. The Morgan fingerprint density at radius 3 is 2.14 bits per heavy atom. The zero-order valence-electron chi connectivity index (χ0n) is 48.7. The standard InChI is InChI=1S/C61H77N7O15/c1-11-55(73)82-39-61(3,4)56(74)59(77)68-30-29-64(5)36-48(68)60(78)83-49(27-23-42-24-28-50(79-9)51(33-42)80-10)43-19-16-20-45(34-43)81-38-54(72)67(8)47(32-41-21-25-44(69)26-22-41)57(75)63-46(31-40-17-14-13-15-18-40)58(76)66(7)37-52(70)62-35-53(71)65(6)12-2/h11,13-22,24-26,28,33-34,46-49,69H,1,12,23,27,29-32,35-39H2,2-10H3,(H,62,70)(H,63,75)/t46-,47+,48+,49-/m1/s1. The first-order valence-electron chi connectivity index (χ1n) is 27.1. The second-order valence-corrected chi connectivity index (χ2v) is 20.8. The number of nitrogens with zero attached hydrogens (tertiary/aromatic N) is 5. The van der Waals surface area contributed by atoms with Crippen LogP contribution in [-0.2, 0) is 71.9 Å². The Morgan fingerprint density at radius 1 is 0.807 bits per heavy atom. The number of aryl methyl sites for hydroxylation is 1. The molecule has 1 aliphatic heterocycles. The van der Waals surface area contributed by atoms with Crippen molar-refractivity contribution in [2.45, 2.75) is 70.7 Å². The number of hydrogen-bond acceptors (Lipinski definition) is 16. The van der Waals surface area contributed by atoms with Gasteiger partial charge in [0.1, 0.15) is 42.3 Å². The van der Waals surface area contributed by atoms with Gasteiger partial charge in [-0.3, -0.25) is 33.6 Å². The number of nitrogens with one attached hydrogen (secondary N) is 2. The first-order valence-corrected chi connectivity index (χ1v) is 27.1. The molecular weight excluding hydrogens is 1070 g/mol. The second-order valence-electron chi connectivity index (χ2n) is 20.8. The quantitative estimate of drug-likeness (QED) is 0.0400. The van der Waals surface area contributed by atoms with Gasteiger partial charge in [-0.1, -0.05) is 67.2 Å². The van der Waals surface area contributed by atoms with Crippen LogP contribution in [0, 0.1) is 5.41 Å². The molecule has 5 rings (SSSR count). The Kier molecular flexibility index (Phi) is 24.2. The van der Waals surface area contributed by atoms with Gasteiger partial charge in [0.25, 0.3) is 11.8 Å². The van der Waals surface area contributed by atoms with Crippen LogP contribution >= 0.6 is 0 Å². The van der Waals surface area contributed by atoms with E-state index < -0.39 is 96.7 Å². The van der Waals surface area contributed by atoms with Gasteiger partial charge in [0, 0.05) is 66.2 Å². The second kappa shape index (κ2) is 30.9. The van der Waals surface area contributed by atoms with Crippen LogP contribution in [0.2, 0.25) is 0 Å². The Labute approximate surface area is 484 Å². The van der Waals surface area contributed by atoms with E-state index in [0.717, 1.165) is 16.5 Å². The summed E-state index contributed by atoms with van der Waals surface area (Å²) in [5.41, 5.74) is 1.10. The number of hydrogen-bond donors (Lipinski definition) is 3. The molecule has 3 N–H and O–H groups in total. The predicted molar refractivity (Wildman–Crippen MR) is 306 cm³/mol. The summed E-state index contributed by atoms with van der Waals surface area (Å²) in [5.74, 6) is -5.07. The van der Waals surface area contributed by atoms with Crippen LogP contribution in [0.15, 0.2) is 110 Å². The van der Waals surface area contributed by atoms with Gasteiger partial charge in [0.2, 0.25) is 29.4 Å². The normalized spacial score (nSPS) is 14.3. The molecule has 1 heterocycles. The summed E-state index contributed by atoms with van der Waals surface area (Å²) in [4.78, 5) is 129. The Hall–Kier alpha value is -8.79. The number of rotatable bonds is 29. The average Bonchev–Trinajstić information content (AvgIpc) is 3.69. The molecule has 0 unspecified atom stereocenters. The van der Waals surface area contributed by atoms with Crippen LogP contribution in [0.1, 0.15) is 55.5 Å². The lowest BCUT2D eigenvalue weighted by molar-refractivity contribution is -0.166. The Bertz CT molecular complexity index is 2940. The summed E-state index contributed by atoms with van der Waals surface area (Å²) >= 11 is 0. The molecule has 0 saturated carbocycles. The minimum absolute atomic E-state index is 0.0213. The molecular formula is C61H77N7O15. The molecule has 22 heteroatoms. The maximum absolute atomic E-state index is 14.6. The smallest absolute Gasteiger partial charge is 0.330 e. The van der Waals surface area contributed by atoms with Crippen LogP contribution in [0.5, 0.6) is 23.0 Å². The fourth-order valence-electron chi connectivity index (χ4n) is 8.91. The molecule has 0 aromatic heterocycles. The Morgan fingerprint density at radius 2 is 1.48 bits per heavy atom. The fraction of sp³-hybridized carbons (Fsp3) is 0.426. The maximum Gasteiger partial charge on any atom is 0.330 e. The molecule has 0 aliphatic carbocycles. The zero-order chi connectivity index (χ0) is 61.0. The number of ketones is 1. The number of carbonyl (C=O) groups is 9. The highest BCUT2D eigenvalue weighted by Gasteiger charge is 2.44. The van der Waals surface area contributed by atoms with E-state index in [1.54, 1.807) is 99.9 Å². The molecule has 0 bridgehead atoms. The van der Waals surface area contributed by atoms with E-state index in [0.29, 0.717) is 47.7 Å². The minimum atomic E-state index is -1.44. The fourth-order valence-corrected chi connectivity index (χ4v) is 8.91. The number of ether oxygens (including phenoxy) is 5. The highest BCUT2D eigenvalue weighted by Crippen LogP contribution is 2.32. The lowest BCUT2D eigenvalue weighted by Gasteiger charge is -2.39. The molecule has 4 aromatic carbocycles. The summed E-state index contributed by atoms with van der Waals surface area (Å²) in [5, 5.41) is 15.4. The molecule has 4 aromatic rings. The van der Waals surface area contributed by atoms with Crippen LogP contribution in [-0.4, -0.2) is 196 Å². The third-order valence-electron chi connectivity index (χ3n) is 14.2. The molecule has 83 heavy (non-hydrogen) atoms. The molecule has 446 valence electrons. The summed E-state index contributed by atoms with van der Waals surface area (Å²) < 4.78 is 28.5. The van der Waals surface area contributed by atoms with E-state index in [1.807, 2.05) is 11.0 Å². The van der Waals surface area contributed by atoms with Crippen LogP contribution in [0.25, 0.3) is 0 Å². The largest absolute Gasteiger partial charge is 0.508 e. The van der Waals surface area contributed by atoms with Crippen molar-refractivity contribution in [3.8, 4) is 23.0 Å². The molecule has 1 fully saturated rings. The number of amides is 6. The lowest BCUT2D eigenvalue weighted by Crippen LogP contribution is -2.60. The predicted octanol–water partition coefficient (Wildman–Crippen LogP) is 3.32. The number of likely N-dealkylation sites (N-methyl/N-ethyl adjacent to an activating group) is 4. The van der Waals surface area contributed by atoms with Crippen molar-refractivity contribution >= 4 is 53.2 Å². The van der Waals surface area contributed by atoms with Gasteiger partial charge in [-0.05, 0) is 99.3 Å². The molecule has 6 amide bonds. The van der Waals surface area contributed by atoms with Gasteiger partial charge in [-0.2, -0.15) is 0 Å². The van der Waals surface area contributed by atoms with Gasteiger partial charge >= 0.3 is 11.9 Å². The zero-order valence-corrected chi connectivity index (χ0v) is 48.7. The van der Waals surface area contributed by atoms with E-state index in [9.17, 15) is 48.3 Å². The van der Waals surface area contributed by atoms with E-state index in [-0.39, 0.29) is 56.3 Å². The average molecular weight is 1150 g/mol. The molecule has 0 radical (unpaired) electrons. The molecule has 4 atom stereocenters. The maximum atomic E-state index is 14.6. The first kappa shape index (κ1) is 65.0. The van der Waals surface area contributed by atoms with Crippen LogP contribution < -0.4 is 24.8 Å². The summed E-state index contributed by atoms with van der Waals surface area (Å²) in [6.45, 7) is 7.27. The van der Waals surface area contributed by atoms with Crippen molar-refractivity contribution < 1.29 is 71.9 Å². The summed E-state index contributed by atoms with van der Waals surface area (Å²) in [6, 6.07) is 23.3. The van der Waals surface area contributed by atoms with Crippen molar-refractivity contribution in [1.29, 1.82) is 0 Å². The van der Waals surface area contributed by atoms with Crippen molar-refractivity contribution in [2.24, 2.45) is 5.41 Å². The topological polar surface area (TPSA) is 260 Å². The van der Waals surface area contributed by atoms with Gasteiger partial charge in [0.05, 0.1) is 32.7 Å². The minimum Gasteiger partial charge on any atom is -0.508 e. The molecule has 22 nitrogen and oxygen atoms in total. The van der Waals surface area contributed by atoms with Crippen molar-refractivity contribution in [1.82, 2.24) is 35.1 Å². The third-order valence-corrected chi connectivity index (χ3v) is 14.2.